The van der Waals surface area contributed by atoms with Gasteiger partial charge >= 0.3 is 0 Å². The molecule has 3 atom stereocenters. The summed E-state index contributed by atoms with van der Waals surface area (Å²) in [5.41, 5.74) is 6.06. The number of fused-ring (bicyclic) bond motifs is 1. The summed E-state index contributed by atoms with van der Waals surface area (Å²) in [6.45, 7) is 0. The molecule has 0 radical (unpaired) electrons. The molecule has 1 aromatic carbocycles. The molecule has 5 nitrogen and oxygen atoms in total. The number of hydrogen-bond donors (Lipinski definition) is 2. The van der Waals surface area contributed by atoms with Crippen molar-refractivity contribution in [2.45, 2.75) is 18.8 Å². The zero-order valence-corrected chi connectivity index (χ0v) is 10.1. The van der Waals surface area contributed by atoms with Gasteiger partial charge in [-0.25, -0.2) is 0 Å². The topological polar surface area (TPSA) is 94.9 Å². The summed E-state index contributed by atoms with van der Waals surface area (Å²) < 4.78 is 5.86. The maximum Gasteiger partial charge on any atom is 0.153 e. The van der Waals surface area contributed by atoms with Crippen molar-refractivity contribution in [3.05, 3.63) is 47.3 Å². The lowest BCUT2D eigenvalue weighted by atomic mass is 9.79. The van der Waals surface area contributed by atoms with Crippen molar-refractivity contribution in [2.75, 3.05) is 0 Å². The quantitative estimate of drug-likeness (QED) is 0.785. The van der Waals surface area contributed by atoms with E-state index < -0.39 is 11.6 Å². The summed E-state index contributed by atoms with van der Waals surface area (Å²) >= 11 is 0. The van der Waals surface area contributed by atoms with Crippen LogP contribution in [0.5, 0.6) is 0 Å². The normalized spacial score (nSPS) is 32.3. The Bertz CT molecular complexity index is 625. The Balaban J connectivity index is 1.98. The van der Waals surface area contributed by atoms with Gasteiger partial charge in [0.15, 0.2) is 6.23 Å². The van der Waals surface area contributed by atoms with Crippen molar-refractivity contribution in [3.63, 3.8) is 0 Å². The summed E-state index contributed by atoms with van der Waals surface area (Å²) in [5, 5.41) is 21.6. The van der Waals surface area contributed by atoms with Crippen molar-refractivity contribution >= 4 is 0 Å². The summed E-state index contributed by atoms with van der Waals surface area (Å²) in [4.78, 5) is 0. The molecule has 1 fully saturated rings. The van der Waals surface area contributed by atoms with Gasteiger partial charge < -0.3 is 15.8 Å². The van der Waals surface area contributed by atoms with Gasteiger partial charge in [-0.15, -0.1) is 0 Å². The van der Waals surface area contributed by atoms with E-state index in [4.69, 9.17) is 10.5 Å². The number of nitriles is 2. The molecule has 0 unspecified atom stereocenters. The molecule has 0 bridgehead atoms. The lowest BCUT2D eigenvalue weighted by Gasteiger charge is -2.17. The molecule has 19 heavy (non-hydrogen) atoms. The average molecular weight is 252 g/mol. The summed E-state index contributed by atoms with van der Waals surface area (Å²) in [5.74, 6) is 0.251. The minimum Gasteiger partial charge on any atom is -0.385 e. The number of hydrogen-bond acceptors (Lipinski definition) is 5. The molecular formula is C14H12N4O. The molecular weight excluding hydrogens is 240 g/mol. The molecule has 0 saturated carbocycles. The van der Waals surface area contributed by atoms with E-state index in [2.05, 4.69) is 11.4 Å². The SMILES string of the molecule is N#CC1=C(N)N[C@@H]2O[C@@H](c3ccccc3)C[C@@]12C#N. The van der Waals surface area contributed by atoms with Gasteiger partial charge in [0.25, 0.3) is 0 Å². The van der Waals surface area contributed by atoms with Crippen molar-refractivity contribution < 1.29 is 4.74 Å². The largest absolute Gasteiger partial charge is 0.385 e. The number of nitrogens with zero attached hydrogens (tertiary/aromatic N) is 2. The third-order valence-electron chi connectivity index (χ3n) is 3.74. The van der Waals surface area contributed by atoms with Gasteiger partial charge in [-0.3, -0.25) is 0 Å². The van der Waals surface area contributed by atoms with Crippen LogP contribution in [0.3, 0.4) is 0 Å². The molecule has 2 aliphatic heterocycles. The average Bonchev–Trinajstić information content (AvgIpc) is 2.91. The van der Waals surface area contributed by atoms with Gasteiger partial charge in [0, 0.05) is 6.42 Å². The van der Waals surface area contributed by atoms with E-state index in [0.29, 0.717) is 12.0 Å². The lowest BCUT2D eigenvalue weighted by molar-refractivity contribution is 0.0207. The third kappa shape index (κ3) is 1.49. The molecule has 3 rings (SSSR count). The molecule has 1 saturated heterocycles. The fourth-order valence-corrected chi connectivity index (χ4v) is 2.76. The highest BCUT2D eigenvalue weighted by Crippen LogP contribution is 2.51. The highest BCUT2D eigenvalue weighted by Gasteiger charge is 2.57. The molecule has 94 valence electrons. The van der Waals surface area contributed by atoms with E-state index in [-0.39, 0.29) is 11.9 Å². The predicted octanol–water partition coefficient (Wildman–Crippen LogP) is 1.28. The zero-order chi connectivity index (χ0) is 13.5. The van der Waals surface area contributed by atoms with Crippen LogP contribution in [-0.4, -0.2) is 6.23 Å². The number of nitrogens with two attached hydrogens (primary N) is 1. The zero-order valence-electron chi connectivity index (χ0n) is 10.1. The number of ether oxygens (including phenoxy) is 1. The second-order valence-corrected chi connectivity index (χ2v) is 4.75. The maximum absolute atomic E-state index is 9.50. The number of nitrogens with one attached hydrogen (secondary N) is 1. The molecule has 2 heterocycles. The number of benzene rings is 1. The highest BCUT2D eigenvalue weighted by molar-refractivity contribution is 5.45. The fourth-order valence-electron chi connectivity index (χ4n) is 2.76. The van der Waals surface area contributed by atoms with Crippen LogP contribution in [0.1, 0.15) is 18.1 Å². The minimum atomic E-state index is -0.973. The Morgan fingerprint density at radius 2 is 2.05 bits per heavy atom. The van der Waals surface area contributed by atoms with Crippen molar-refractivity contribution in [2.24, 2.45) is 11.1 Å². The molecule has 0 aromatic heterocycles. The van der Waals surface area contributed by atoms with Crippen LogP contribution < -0.4 is 11.1 Å². The van der Waals surface area contributed by atoms with Gasteiger partial charge in [-0.2, -0.15) is 10.5 Å². The van der Waals surface area contributed by atoms with Crippen LogP contribution >= 0.6 is 0 Å². The van der Waals surface area contributed by atoms with Crippen LogP contribution in [0.25, 0.3) is 0 Å². The predicted molar refractivity (Wildman–Crippen MR) is 66.7 cm³/mol. The molecule has 0 spiro atoms. The molecule has 1 aromatic rings. The smallest absolute Gasteiger partial charge is 0.153 e. The summed E-state index contributed by atoms with van der Waals surface area (Å²) in [6.07, 6.45) is -0.304. The molecule has 0 aliphatic carbocycles. The second-order valence-electron chi connectivity index (χ2n) is 4.75. The molecule has 3 N–H and O–H groups in total. The Labute approximate surface area is 110 Å². The van der Waals surface area contributed by atoms with E-state index in [1.807, 2.05) is 36.4 Å². The molecule has 5 heteroatoms. The van der Waals surface area contributed by atoms with Crippen LogP contribution in [-0.2, 0) is 4.74 Å². The molecule has 2 aliphatic rings. The first-order chi connectivity index (χ1) is 9.21. The standard InChI is InChI=1S/C14H12N4O/c15-7-10-12(17)18-13-14(10,8-16)6-11(19-13)9-4-2-1-3-5-9/h1-5,11,13,18H,6,17H2/t11-,13-,14-/m1/s1. The van der Waals surface area contributed by atoms with E-state index in [9.17, 15) is 10.5 Å². The van der Waals surface area contributed by atoms with Crippen LogP contribution in [0.15, 0.2) is 41.7 Å². The van der Waals surface area contributed by atoms with E-state index in [1.54, 1.807) is 0 Å². The van der Waals surface area contributed by atoms with Gasteiger partial charge in [0.1, 0.15) is 17.3 Å². The van der Waals surface area contributed by atoms with Crippen molar-refractivity contribution in [1.29, 1.82) is 10.5 Å². The Morgan fingerprint density at radius 3 is 2.68 bits per heavy atom. The van der Waals surface area contributed by atoms with Crippen LogP contribution in [0.4, 0.5) is 0 Å². The van der Waals surface area contributed by atoms with Gasteiger partial charge in [0.05, 0.1) is 17.7 Å². The maximum atomic E-state index is 9.50. The van der Waals surface area contributed by atoms with Gasteiger partial charge in [0.2, 0.25) is 0 Å². The van der Waals surface area contributed by atoms with E-state index in [0.717, 1.165) is 5.56 Å². The van der Waals surface area contributed by atoms with Crippen molar-refractivity contribution in [3.8, 4) is 12.1 Å². The van der Waals surface area contributed by atoms with E-state index >= 15 is 0 Å². The first kappa shape index (κ1) is 11.6. The fraction of sp³-hybridized carbons (Fsp3) is 0.286. The van der Waals surface area contributed by atoms with Gasteiger partial charge in [-0.05, 0) is 5.56 Å². The Kier molecular flexibility index (Phi) is 2.45. The first-order valence-electron chi connectivity index (χ1n) is 6.00. The van der Waals surface area contributed by atoms with Gasteiger partial charge in [-0.1, -0.05) is 30.3 Å². The number of rotatable bonds is 1. The summed E-state index contributed by atoms with van der Waals surface area (Å²) in [7, 11) is 0. The Morgan fingerprint density at radius 1 is 1.32 bits per heavy atom. The van der Waals surface area contributed by atoms with Crippen LogP contribution in [0.2, 0.25) is 0 Å². The first-order valence-corrected chi connectivity index (χ1v) is 6.00. The third-order valence-corrected chi connectivity index (χ3v) is 3.74. The minimum absolute atomic E-state index is 0.199. The summed E-state index contributed by atoms with van der Waals surface area (Å²) in [6, 6.07) is 13.9. The monoisotopic (exact) mass is 252 g/mol. The molecule has 0 amide bonds. The van der Waals surface area contributed by atoms with Crippen LogP contribution in [0, 0.1) is 28.1 Å². The Hall–Kier alpha value is -2.50. The lowest BCUT2D eigenvalue weighted by Crippen LogP contribution is -2.35. The highest BCUT2D eigenvalue weighted by atomic mass is 16.5. The second kappa shape index (κ2) is 4.01. The van der Waals surface area contributed by atoms with E-state index in [1.165, 1.54) is 0 Å². The van der Waals surface area contributed by atoms with Crippen molar-refractivity contribution in [1.82, 2.24) is 5.32 Å².